The van der Waals surface area contributed by atoms with Crippen molar-refractivity contribution in [1.29, 1.82) is 0 Å². The molecule has 0 saturated carbocycles. The van der Waals surface area contributed by atoms with Crippen molar-refractivity contribution in [3.63, 3.8) is 0 Å². The van der Waals surface area contributed by atoms with Crippen molar-refractivity contribution in [3.05, 3.63) is 65.6 Å². The molecule has 0 aliphatic carbocycles. The van der Waals surface area contributed by atoms with E-state index in [1.54, 1.807) is 0 Å². The third kappa shape index (κ3) is 4.02. The quantitative estimate of drug-likeness (QED) is 0.586. The van der Waals surface area contributed by atoms with Crippen LogP contribution in [-0.2, 0) is 6.18 Å². The Balaban J connectivity index is 1.68. The van der Waals surface area contributed by atoms with Gasteiger partial charge in [-0.3, -0.25) is 0 Å². The first-order valence-corrected chi connectivity index (χ1v) is 10.0. The van der Waals surface area contributed by atoms with Gasteiger partial charge in [0.1, 0.15) is 5.75 Å². The van der Waals surface area contributed by atoms with E-state index in [4.69, 9.17) is 4.74 Å². The molecule has 5 nitrogen and oxygen atoms in total. The van der Waals surface area contributed by atoms with Gasteiger partial charge in [0.15, 0.2) is 0 Å². The maximum atomic E-state index is 12.8. The van der Waals surface area contributed by atoms with Gasteiger partial charge in [0.2, 0.25) is 5.95 Å². The van der Waals surface area contributed by atoms with Crippen LogP contribution < -0.4 is 9.64 Å². The second-order valence-electron chi connectivity index (χ2n) is 7.46. The standard InChI is InChI=1S/C23H23F3N4O/c1-4-31-20-6-5-17(18-7-9-27-21(18)20)15(3)19-13-30(10-8-14(19)2)22-28-11-16(12-29-22)23(24,25)26/h5-7,9,11-12,27H,2,4,8,10,13H2,1,3H3/b19-15+. The molecule has 1 aliphatic rings. The smallest absolute Gasteiger partial charge is 0.419 e. The minimum Gasteiger partial charge on any atom is -0.492 e. The molecule has 1 fully saturated rings. The monoisotopic (exact) mass is 428 g/mol. The van der Waals surface area contributed by atoms with Crippen molar-refractivity contribution in [3.8, 4) is 5.75 Å². The van der Waals surface area contributed by atoms with E-state index in [0.29, 0.717) is 26.1 Å². The van der Waals surface area contributed by atoms with E-state index in [1.165, 1.54) is 0 Å². The van der Waals surface area contributed by atoms with Gasteiger partial charge < -0.3 is 14.6 Å². The molecule has 0 bridgehead atoms. The van der Waals surface area contributed by atoms with E-state index < -0.39 is 11.7 Å². The summed E-state index contributed by atoms with van der Waals surface area (Å²) in [6.07, 6.45) is -0.224. The fourth-order valence-electron chi connectivity index (χ4n) is 3.88. The molecule has 0 radical (unpaired) electrons. The summed E-state index contributed by atoms with van der Waals surface area (Å²) in [6.45, 7) is 9.87. The number of aromatic nitrogens is 3. The Morgan fingerprint density at radius 2 is 1.97 bits per heavy atom. The van der Waals surface area contributed by atoms with Gasteiger partial charge in [0, 0.05) is 37.1 Å². The van der Waals surface area contributed by atoms with E-state index in [-0.39, 0.29) is 5.95 Å². The molecular formula is C23H23F3N4O. The lowest BCUT2D eigenvalue weighted by atomic mass is 9.90. The number of halogens is 3. The molecule has 8 heteroatoms. The number of nitrogens with zero attached hydrogens (tertiary/aromatic N) is 3. The molecule has 3 aromatic rings. The summed E-state index contributed by atoms with van der Waals surface area (Å²) in [5.41, 5.74) is 4.26. The molecule has 1 aromatic carbocycles. The Hall–Kier alpha value is -3.29. The Morgan fingerprint density at radius 3 is 2.65 bits per heavy atom. The summed E-state index contributed by atoms with van der Waals surface area (Å²) < 4.78 is 44.2. The van der Waals surface area contributed by atoms with Crippen LogP contribution in [0.3, 0.4) is 0 Å². The van der Waals surface area contributed by atoms with Gasteiger partial charge in [-0.05, 0) is 54.7 Å². The first-order chi connectivity index (χ1) is 14.8. The molecule has 0 amide bonds. The molecule has 0 spiro atoms. The SMILES string of the molecule is C=C1CCN(c2ncc(C(F)(F)F)cn2)C/C1=C(/C)c1ccc(OCC)c2[nH]ccc12. The summed E-state index contributed by atoms with van der Waals surface area (Å²) >= 11 is 0. The van der Waals surface area contributed by atoms with Gasteiger partial charge in [-0.1, -0.05) is 12.6 Å². The normalized spacial score (nSPS) is 16.7. The predicted molar refractivity (Wildman–Crippen MR) is 115 cm³/mol. The van der Waals surface area contributed by atoms with Crippen LogP contribution in [0.2, 0.25) is 0 Å². The maximum Gasteiger partial charge on any atom is 0.419 e. The number of rotatable bonds is 4. The van der Waals surface area contributed by atoms with Crippen LogP contribution in [0.5, 0.6) is 5.75 Å². The van der Waals surface area contributed by atoms with E-state index in [0.717, 1.165) is 51.3 Å². The molecule has 1 aliphatic heterocycles. The Morgan fingerprint density at radius 1 is 1.23 bits per heavy atom. The van der Waals surface area contributed by atoms with E-state index in [1.807, 2.05) is 43.1 Å². The van der Waals surface area contributed by atoms with Crippen LogP contribution in [-0.4, -0.2) is 34.6 Å². The number of hydrogen-bond donors (Lipinski definition) is 1. The first kappa shape index (κ1) is 21.0. The minimum absolute atomic E-state index is 0.282. The summed E-state index contributed by atoms with van der Waals surface area (Å²) in [6, 6.07) is 5.99. The van der Waals surface area contributed by atoms with Crippen LogP contribution in [0.4, 0.5) is 19.1 Å². The van der Waals surface area contributed by atoms with E-state index in [9.17, 15) is 13.2 Å². The fraction of sp³-hybridized carbons (Fsp3) is 0.304. The zero-order valence-electron chi connectivity index (χ0n) is 17.4. The molecule has 1 saturated heterocycles. The number of H-pyrrole nitrogens is 1. The van der Waals surface area contributed by atoms with Crippen molar-refractivity contribution in [2.24, 2.45) is 0 Å². The van der Waals surface area contributed by atoms with E-state index in [2.05, 4.69) is 21.5 Å². The lowest BCUT2D eigenvalue weighted by molar-refractivity contribution is -0.138. The van der Waals surface area contributed by atoms with Crippen LogP contribution >= 0.6 is 0 Å². The molecule has 162 valence electrons. The lowest BCUT2D eigenvalue weighted by Gasteiger charge is -2.31. The zero-order chi connectivity index (χ0) is 22.2. The van der Waals surface area contributed by atoms with Crippen LogP contribution in [0.15, 0.2) is 54.5 Å². The third-order valence-electron chi connectivity index (χ3n) is 5.55. The van der Waals surface area contributed by atoms with Crippen LogP contribution in [0.25, 0.3) is 16.5 Å². The highest BCUT2D eigenvalue weighted by molar-refractivity contribution is 5.96. The average Bonchev–Trinajstić information content (AvgIpc) is 3.24. The maximum absolute atomic E-state index is 12.8. The van der Waals surface area contributed by atoms with Gasteiger partial charge in [-0.2, -0.15) is 13.2 Å². The number of allylic oxidation sites excluding steroid dienone is 1. The average molecular weight is 428 g/mol. The highest BCUT2D eigenvalue weighted by Gasteiger charge is 2.32. The van der Waals surface area contributed by atoms with Crippen molar-refractivity contribution < 1.29 is 17.9 Å². The number of benzene rings is 1. The first-order valence-electron chi connectivity index (χ1n) is 10.0. The number of alkyl halides is 3. The van der Waals surface area contributed by atoms with Crippen molar-refractivity contribution >= 4 is 22.4 Å². The number of piperidine rings is 1. The Kier molecular flexibility index (Phi) is 5.47. The Bertz CT molecular complexity index is 1150. The summed E-state index contributed by atoms with van der Waals surface area (Å²) in [7, 11) is 0. The molecule has 31 heavy (non-hydrogen) atoms. The number of aromatic amines is 1. The van der Waals surface area contributed by atoms with E-state index >= 15 is 0 Å². The third-order valence-corrected chi connectivity index (χ3v) is 5.55. The molecule has 3 heterocycles. The molecule has 1 N–H and O–H groups in total. The molecule has 2 aromatic heterocycles. The predicted octanol–water partition coefficient (Wildman–Crippen LogP) is 5.62. The second kappa shape index (κ2) is 8.09. The van der Waals surface area contributed by atoms with Gasteiger partial charge in [0.05, 0.1) is 17.7 Å². The highest BCUT2D eigenvalue weighted by atomic mass is 19.4. The highest BCUT2D eigenvalue weighted by Crippen LogP contribution is 2.36. The minimum atomic E-state index is -4.45. The molecule has 4 rings (SSSR count). The van der Waals surface area contributed by atoms with Gasteiger partial charge in [-0.15, -0.1) is 0 Å². The molecule has 0 unspecified atom stereocenters. The molecular weight excluding hydrogens is 405 g/mol. The largest absolute Gasteiger partial charge is 0.492 e. The van der Waals surface area contributed by atoms with Gasteiger partial charge in [-0.25, -0.2) is 9.97 Å². The van der Waals surface area contributed by atoms with Crippen LogP contribution in [0, 0.1) is 0 Å². The number of ether oxygens (including phenoxy) is 1. The van der Waals surface area contributed by atoms with Crippen LogP contribution in [0.1, 0.15) is 31.4 Å². The Labute approximate surface area is 178 Å². The van der Waals surface area contributed by atoms with Crippen molar-refractivity contribution in [2.45, 2.75) is 26.4 Å². The topological polar surface area (TPSA) is 54.0 Å². The number of hydrogen-bond acceptors (Lipinski definition) is 4. The number of anilines is 1. The fourth-order valence-corrected chi connectivity index (χ4v) is 3.88. The summed E-state index contributed by atoms with van der Waals surface area (Å²) in [5, 5.41) is 1.05. The van der Waals surface area contributed by atoms with Gasteiger partial charge >= 0.3 is 6.18 Å². The summed E-state index contributed by atoms with van der Waals surface area (Å²) in [4.78, 5) is 13.0. The zero-order valence-corrected chi connectivity index (χ0v) is 17.4. The van der Waals surface area contributed by atoms with Gasteiger partial charge in [0.25, 0.3) is 0 Å². The lowest BCUT2D eigenvalue weighted by Crippen LogP contribution is -2.34. The number of fused-ring (bicyclic) bond motifs is 1. The van der Waals surface area contributed by atoms with Crippen molar-refractivity contribution in [1.82, 2.24) is 15.0 Å². The summed E-state index contributed by atoms with van der Waals surface area (Å²) in [5.74, 6) is 1.08. The molecule has 0 atom stereocenters. The second-order valence-corrected chi connectivity index (χ2v) is 7.46. The number of nitrogens with one attached hydrogen (secondary N) is 1. The van der Waals surface area contributed by atoms with Crippen molar-refractivity contribution in [2.75, 3.05) is 24.6 Å².